The maximum atomic E-state index is 13.3. The Bertz CT molecular complexity index is 854. The summed E-state index contributed by atoms with van der Waals surface area (Å²) in [6, 6.07) is 0. The van der Waals surface area contributed by atoms with Crippen molar-refractivity contribution in [3.63, 3.8) is 0 Å². The number of ether oxygens (including phenoxy) is 1. The zero-order valence-electron chi connectivity index (χ0n) is 18.5. The van der Waals surface area contributed by atoms with Gasteiger partial charge in [-0.2, -0.15) is 0 Å². The first-order valence-electron chi connectivity index (χ1n) is 11.1. The van der Waals surface area contributed by atoms with E-state index in [1.165, 1.54) is 18.3 Å². The molecule has 2 heterocycles. The lowest BCUT2D eigenvalue weighted by atomic mass is 9.47. The van der Waals surface area contributed by atoms with Crippen molar-refractivity contribution in [3.8, 4) is 0 Å². The molecule has 2 aliphatic carbocycles. The highest BCUT2D eigenvalue weighted by atomic mass is 32.1. The Morgan fingerprint density at radius 2 is 2.03 bits per heavy atom. The molecule has 3 aliphatic rings. The summed E-state index contributed by atoms with van der Waals surface area (Å²) >= 11 is 1.45. The fourth-order valence-corrected chi connectivity index (χ4v) is 7.08. The number of amides is 2. The largest absolute Gasteiger partial charge is 0.396 e. The first-order valence-corrected chi connectivity index (χ1v) is 11.9. The van der Waals surface area contributed by atoms with E-state index in [2.05, 4.69) is 12.2 Å². The number of hydrogen-bond donors (Lipinski definition) is 3. The number of carbonyl (C=O) groups is 2. The Labute approximate surface area is 187 Å². The number of anilines is 1. The fraction of sp³-hybridized carbons (Fsp3) is 0.773. The van der Waals surface area contributed by atoms with Crippen LogP contribution in [0.1, 0.15) is 56.5 Å². The smallest absolute Gasteiger partial charge is 0.223 e. The second-order valence-corrected chi connectivity index (χ2v) is 10.8. The Kier molecular flexibility index (Phi) is 6.15. The fourth-order valence-electron chi connectivity index (χ4n) is 5.97. The first kappa shape index (κ1) is 22.6. The SMILES string of the molecule is CC(=O)Nc1nc2c(s1)CC1C(C)(CO)C(O)CCC1(C)C2CC(=O)N1CCOCC1. The standard InChI is InChI=1S/C22H33N3O5S/c1-13(27)23-20-24-19-14(10-18(29)25-6-8-30-9-7-25)21(2)5-4-17(28)22(3,12-26)16(21)11-15(19)31-20/h14,16-17,26,28H,4-12H2,1-3H3,(H,23,24,27). The van der Waals surface area contributed by atoms with Crippen molar-refractivity contribution in [1.29, 1.82) is 0 Å². The number of aliphatic hydroxyl groups is 2. The third-order valence-corrected chi connectivity index (χ3v) is 8.93. The average Bonchev–Trinajstić information content (AvgIpc) is 3.14. The van der Waals surface area contributed by atoms with E-state index in [1.54, 1.807) is 0 Å². The van der Waals surface area contributed by atoms with Crippen molar-refractivity contribution in [3.05, 3.63) is 10.6 Å². The predicted molar refractivity (Wildman–Crippen MR) is 117 cm³/mol. The van der Waals surface area contributed by atoms with E-state index < -0.39 is 11.5 Å². The highest BCUT2D eigenvalue weighted by molar-refractivity contribution is 7.15. The molecule has 1 aliphatic heterocycles. The number of aromatic nitrogens is 1. The molecular formula is C22H33N3O5S. The van der Waals surface area contributed by atoms with Crippen LogP contribution in [-0.2, 0) is 20.7 Å². The lowest BCUT2D eigenvalue weighted by Gasteiger charge is -2.58. The molecule has 3 N–H and O–H groups in total. The molecule has 9 heteroatoms. The van der Waals surface area contributed by atoms with E-state index >= 15 is 0 Å². The monoisotopic (exact) mass is 451 g/mol. The molecule has 5 atom stereocenters. The Balaban J connectivity index is 1.73. The Hall–Kier alpha value is -1.55. The van der Waals surface area contributed by atoms with Gasteiger partial charge in [-0.15, -0.1) is 11.3 Å². The third-order valence-electron chi connectivity index (χ3n) is 7.92. The van der Waals surface area contributed by atoms with E-state index in [0.29, 0.717) is 50.7 Å². The number of rotatable bonds is 4. The van der Waals surface area contributed by atoms with Crippen molar-refractivity contribution < 1.29 is 24.5 Å². The number of aliphatic hydroxyl groups excluding tert-OH is 2. The van der Waals surface area contributed by atoms with Crippen molar-refractivity contribution in [1.82, 2.24) is 9.88 Å². The van der Waals surface area contributed by atoms with Gasteiger partial charge in [0.1, 0.15) is 0 Å². The van der Waals surface area contributed by atoms with Crippen LogP contribution in [0.5, 0.6) is 0 Å². The zero-order valence-corrected chi connectivity index (χ0v) is 19.3. The molecular weight excluding hydrogens is 418 g/mol. The first-order chi connectivity index (χ1) is 14.7. The van der Waals surface area contributed by atoms with Gasteiger partial charge in [0.05, 0.1) is 31.6 Å². The second-order valence-electron chi connectivity index (χ2n) is 9.74. The maximum Gasteiger partial charge on any atom is 0.223 e. The average molecular weight is 452 g/mol. The number of hydrogen-bond acceptors (Lipinski definition) is 7. The van der Waals surface area contributed by atoms with Crippen molar-refractivity contribution >= 4 is 28.3 Å². The van der Waals surface area contributed by atoms with Crippen molar-refractivity contribution in [2.45, 2.75) is 58.5 Å². The zero-order chi connectivity index (χ0) is 22.4. The number of nitrogens with zero attached hydrogens (tertiary/aromatic N) is 2. The second kappa shape index (κ2) is 8.42. The highest BCUT2D eigenvalue weighted by Crippen LogP contribution is 2.62. The molecule has 1 aromatic rings. The van der Waals surface area contributed by atoms with Gasteiger partial charge < -0.3 is 25.2 Å². The molecule has 0 bridgehead atoms. The summed E-state index contributed by atoms with van der Waals surface area (Å²) in [5.41, 5.74) is -0.0399. The van der Waals surface area contributed by atoms with Gasteiger partial charge in [-0.25, -0.2) is 4.98 Å². The van der Waals surface area contributed by atoms with Crippen LogP contribution < -0.4 is 5.32 Å². The minimum absolute atomic E-state index is 0.00867. The van der Waals surface area contributed by atoms with E-state index in [-0.39, 0.29) is 35.7 Å². The van der Waals surface area contributed by atoms with Gasteiger partial charge in [-0.3, -0.25) is 9.59 Å². The van der Waals surface area contributed by atoms with E-state index in [9.17, 15) is 19.8 Å². The molecule has 5 unspecified atom stereocenters. The number of carbonyl (C=O) groups excluding carboxylic acids is 2. The molecule has 0 aromatic carbocycles. The molecule has 172 valence electrons. The molecule has 1 saturated carbocycles. The summed E-state index contributed by atoms with van der Waals surface area (Å²) in [6.07, 6.45) is 1.78. The Morgan fingerprint density at radius 3 is 2.68 bits per heavy atom. The normalized spacial score (nSPS) is 35.3. The molecule has 2 amide bonds. The molecule has 2 fully saturated rings. The van der Waals surface area contributed by atoms with Crippen LogP contribution in [-0.4, -0.2) is 70.9 Å². The van der Waals surface area contributed by atoms with Crippen LogP contribution >= 0.6 is 11.3 Å². The topological polar surface area (TPSA) is 112 Å². The molecule has 31 heavy (non-hydrogen) atoms. The van der Waals surface area contributed by atoms with Crippen LogP contribution in [0.3, 0.4) is 0 Å². The lowest BCUT2D eigenvalue weighted by molar-refractivity contribution is -0.149. The summed E-state index contributed by atoms with van der Waals surface area (Å²) in [5.74, 6) is -0.207. The predicted octanol–water partition coefficient (Wildman–Crippen LogP) is 1.77. The maximum absolute atomic E-state index is 13.3. The van der Waals surface area contributed by atoms with Crippen LogP contribution in [0.15, 0.2) is 0 Å². The molecule has 1 saturated heterocycles. The minimum atomic E-state index is -0.650. The quantitative estimate of drug-likeness (QED) is 0.643. The molecule has 0 spiro atoms. The lowest BCUT2D eigenvalue weighted by Crippen LogP contribution is -2.58. The number of morpholine rings is 1. The van der Waals surface area contributed by atoms with Gasteiger partial charge in [0, 0.05) is 42.6 Å². The van der Waals surface area contributed by atoms with Crippen molar-refractivity contribution in [2.24, 2.45) is 16.7 Å². The number of thiazole rings is 1. The van der Waals surface area contributed by atoms with E-state index in [0.717, 1.165) is 17.0 Å². The van der Waals surface area contributed by atoms with Gasteiger partial charge in [-0.05, 0) is 30.6 Å². The summed E-state index contributed by atoms with van der Waals surface area (Å²) < 4.78 is 5.40. The number of nitrogens with one attached hydrogen (secondary N) is 1. The van der Waals surface area contributed by atoms with Crippen LogP contribution in [0.25, 0.3) is 0 Å². The molecule has 8 nitrogen and oxygen atoms in total. The van der Waals surface area contributed by atoms with Crippen LogP contribution in [0, 0.1) is 16.7 Å². The highest BCUT2D eigenvalue weighted by Gasteiger charge is 2.59. The molecule has 4 rings (SSSR count). The summed E-state index contributed by atoms with van der Waals surface area (Å²) in [6.45, 7) is 7.81. The third kappa shape index (κ3) is 3.90. The van der Waals surface area contributed by atoms with E-state index in [1.807, 2.05) is 11.8 Å². The van der Waals surface area contributed by atoms with Crippen LogP contribution in [0.2, 0.25) is 0 Å². The molecule has 1 aromatic heterocycles. The molecule has 0 radical (unpaired) electrons. The summed E-state index contributed by atoms with van der Waals surface area (Å²) in [7, 11) is 0. The van der Waals surface area contributed by atoms with E-state index in [4.69, 9.17) is 9.72 Å². The minimum Gasteiger partial charge on any atom is -0.396 e. The summed E-state index contributed by atoms with van der Waals surface area (Å²) in [5, 5.41) is 24.5. The van der Waals surface area contributed by atoms with Gasteiger partial charge in [-0.1, -0.05) is 13.8 Å². The van der Waals surface area contributed by atoms with Gasteiger partial charge >= 0.3 is 0 Å². The van der Waals surface area contributed by atoms with Gasteiger partial charge in [0.25, 0.3) is 0 Å². The van der Waals surface area contributed by atoms with Gasteiger partial charge in [0.15, 0.2) is 5.13 Å². The van der Waals surface area contributed by atoms with Gasteiger partial charge in [0.2, 0.25) is 11.8 Å². The number of fused-ring (bicyclic) bond motifs is 2. The van der Waals surface area contributed by atoms with Crippen molar-refractivity contribution in [2.75, 3.05) is 38.2 Å². The summed E-state index contributed by atoms with van der Waals surface area (Å²) in [4.78, 5) is 32.5. The van der Waals surface area contributed by atoms with Crippen LogP contribution in [0.4, 0.5) is 5.13 Å². The Morgan fingerprint density at radius 1 is 1.32 bits per heavy atom.